The van der Waals surface area contributed by atoms with Crippen LogP contribution in [0, 0.1) is 17.3 Å². The Hall–Kier alpha value is -1.21. The Morgan fingerprint density at radius 3 is 2.74 bits per heavy atom. The molecular weight excluding hydrogens is 491 g/mol. The van der Waals surface area contributed by atoms with E-state index in [1.165, 1.54) is 28.2 Å². The van der Waals surface area contributed by atoms with Gasteiger partial charge in [0.15, 0.2) is 0 Å². The highest BCUT2D eigenvalue weighted by Crippen LogP contribution is 2.49. The first-order valence-corrected chi connectivity index (χ1v) is 14.3. The molecule has 4 rings (SSSR count). The number of aryl methyl sites for hydroxylation is 1. The van der Waals surface area contributed by atoms with Gasteiger partial charge in [0.2, 0.25) is 0 Å². The van der Waals surface area contributed by atoms with E-state index in [9.17, 15) is 14.3 Å². The second kappa shape index (κ2) is 11.7. The first-order valence-electron chi connectivity index (χ1n) is 12.3. The van der Waals surface area contributed by atoms with Gasteiger partial charge in [-0.1, -0.05) is 30.2 Å². The fourth-order valence-corrected chi connectivity index (χ4v) is 7.81. The number of ether oxygens (including phenoxy) is 1. The predicted octanol–water partition coefficient (Wildman–Crippen LogP) is 7.66. The molecule has 2 aromatic heterocycles. The molecule has 0 amide bonds. The van der Waals surface area contributed by atoms with E-state index in [-0.39, 0.29) is 17.3 Å². The summed E-state index contributed by atoms with van der Waals surface area (Å²) >= 11 is 9.18. The zero-order valence-corrected chi connectivity index (χ0v) is 22.1. The summed E-state index contributed by atoms with van der Waals surface area (Å²) in [5.41, 5.74) is -0.0630. The van der Waals surface area contributed by atoms with E-state index in [2.05, 4.69) is 6.07 Å². The molecule has 2 heterocycles. The quantitative estimate of drug-likeness (QED) is 0.242. The summed E-state index contributed by atoms with van der Waals surface area (Å²) in [7, 11) is 1.40. The third-order valence-electron chi connectivity index (χ3n) is 7.75. The maximum atomic E-state index is 14.7. The maximum Gasteiger partial charge on any atom is 0.348 e. The summed E-state index contributed by atoms with van der Waals surface area (Å²) in [5, 5.41) is 11.0. The number of alkyl halides is 1. The summed E-state index contributed by atoms with van der Waals surface area (Å²) in [5.74, 6) is -0.00784. The predicted molar refractivity (Wildman–Crippen MR) is 139 cm³/mol. The molecule has 2 saturated carbocycles. The second-order valence-corrected chi connectivity index (χ2v) is 12.8. The van der Waals surface area contributed by atoms with Gasteiger partial charge in [-0.05, 0) is 88.0 Å². The number of esters is 1. The number of hydrogen-bond donors (Lipinski definition) is 1. The fraction of sp³-hybridized carbons (Fsp3) is 0.593. The van der Waals surface area contributed by atoms with Crippen LogP contribution >= 0.6 is 34.3 Å². The average molecular weight is 525 g/mol. The van der Waals surface area contributed by atoms with Crippen molar-refractivity contribution in [2.75, 3.05) is 7.11 Å². The minimum absolute atomic E-state index is 0.0605. The van der Waals surface area contributed by atoms with E-state index in [0.717, 1.165) is 55.7 Å². The fourth-order valence-electron chi connectivity index (χ4n) is 5.60. The van der Waals surface area contributed by atoms with Crippen LogP contribution in [0.15, 0.2) is 36.4 Å². The van der Waals surface area contributed by atoms with Crippen LogP contribution in [0.2, 0.25) is 4.34 Å². The first-order chi connectivity index (χ1) is 16.4. The smallest absolute Gasteiger partial charge is 0.348 e. The summed E-state index contributed by atoms with van der Waals surface area (Å²) in [6.45, 7) is 0. The van der Waals surface area contributed by atoms with E-state index >= 15 is 0 Å². The van der Waals surface area contributed by atoms with Crippen LogP contribution in [0.1, 0.15) is 70.8 Å². The minimum atomic E-state index is -0.794. The molecule has 2 aliphatic carbocycles. The molecule has 2 aromatic rings. The van der Waals surface area contributed by atoms with Crippen molar-refractivity contribution < 1.29 is 19.0 Å². The molecule has 1 N–H and O–H groups in total. The molecule has 186 valence electrons. The Balaban J connectivity index is 1.27. The van der Waals surface area contributed by atoms with Gasteiger partial charge in [-0.3, -0.25) is 0 Å². The number of carbonyl (C=O) groups excluding carboxylic acids is 1. The van der Waals surface area contributed by atoms with E-state index in [0.29, 0.717) is 23.6 Å². The molecule has 0 aromatic carbocycles. The van der Waals surface area contributed by atoms with Gasteiger partial charge >= 0.3 is 5.97 Å². The number of methoxy groups -OCH3 is 1. The Kier molecular flexibility index (Phi) is 8.89. The average Bonchev–Trinajstić information content (AvgIpc) is 3.52. The highest BCUT2D eigenvalue weighted by Gasteiger charge is 2.43. The lowest BCUT2D eigenvalue weighted by Crippen LogP contribution is -2.42. The van der Waals surface area contributed by atoms with E-state index in [4.69, 9.17) is 16.3 Å². The molecule has 0 spiro atoms. The zero-order valence-electron chi connectivity index (χ0n) is 19.7. The molecule has 7 heteroatoms. The van der Waals surface area contributed by atoms with E-state index < -0.39 is 12.3 Å². The normalized spacial score (nSPS) is 24.9. The number of allylic oxidation sites excluding steroid dienone is 1. The van der Waals surface area contributed by atoms with Crippen molar-refractivity contribution in [2.45, 2.75) is 76.5 Å². The van der Waals surface area contributed by atoms with Crippen LogP contribution in [0.5, 0.6) is 0 Å². The van der Waals surface area contributed by atoms with Crippen LogP contribution in [-0.4, -0.2) is 30.5 Å². The maximum absolute atomic E-state index is 14.7. The van der Waals surface area contributed by atoms with Crippen molar-refractivity contribution in [3.8, 4) is 0 Å². The highest BCUT2D eigenvalue weighted by molar-refractivity contribution is 7.16. The highest BCUT2D eigenvalue weighted by atomic mass is 35.5. The van der Waals surface area contributed by atoms with Gasteiger partial charge in [-0.2, -0.15) is 0 Å². The largest absolute Gasteiger partial charge is 0.465 e. The number of carbonyl (C=O) groups is 1. The SMILES string of the molecule is COC(=O)c1ccc(CCC[C@H]2CC[C@@H](F)[C@@H]2C=CCC(O)C2(Cc3ccc(Cl)s3)CCC2)s1. The second-order valence-electron chi connectivity index (χ2n) is 9.86. The molecule has 0 aliphatic heterocycles. The van der Waals surface area contributed by atoms with Gasteiger partial charge in [0.05, 0.1) is 17.6 Å². The van der Waals surface area contributed by atoms with Crippen molar-refractivity contribution in [1.82, 2.24) is 0 Å². The van der Waals surface area contributed by atoms with Crippen LogP contribution in [-0.2, 0) is 17.6 Å². The minimum Gasteiger partial charge on any atom is -0.465 e. The molecule has 0 bridgehead atoms. The molecule has 0 saturated heterocycles. The summed E-state index contributed by atoms with van der Waals surface area (Å²) in [4.78, 5) is 14.7. The Labute approximate surface area is 215 Å². The Bertz CT molecular complexity index is 980. The first kappa shape index (κ1) is 25.9. The van der Waals surface area contributed by atoms with Gasteiger partial charge in [0.1, 0.15) is 11.0 Å². The molecule has 2 fully saturated rings. The van der Waals surface area contributed by atoms with Gasteiger partial charge in [0, 0.05) is 21.1 Å². The number of aliphatic hydroxyl groups excluding tert-OH is 1. The lowest BCUT2D eigenvalue weighted by atomic mass is 9.62. The number of thiophene rings is 2. The van der Waals surface area contributed by atoms with Crippen molar-refractivity contribution in [3.63, 3.8) is 0 Å². The lowest BCUT2D eigenvalue weighted by molar-refractivity contribution is -0.0319. The van der Waals surface area contributed by atoms with Crippen LogP contribution in [0.25, 0.3) is 0 Å². The molecule has 0 radical (unpaired) electrons. The van der Waals surface area contributed by atoms with Gasteiger partial charge in [-0.15, -0.1) is 22.7 Å². The van der Waals surface area contributed by atoms with Crippen molar-refractivity contribution in [1.29, 1.82) is 0 Å². The summed E-state index contributed by atoms with van der Waals surface area (Å²) in [6, 6.07) is 7.80. The monoisotopic (exact) mass is 524 g/mol. The van der Waals surface area contributed by atoms with E-state index in [1.54, 1.807) is 11.3 Å². The van der Waals surface area contributed by atoms with Crippen LogP contribution < -0.4 is 0 Å². The molecule has 4 atom stereocenters. The summed E-state index contributed by atoms with van der Waals surface area (Å²) in [6.07, 6.45) is 12.0. The zero-order chi connectivity index (χ0) is 24.1. The van der Waals surface area contributed by atoms with Gasteiger partial charge in [0.25, 0.3) is 0 Å². The standard InChI is InChI=1S/C27H34ClFO3S2/c1-32-26(31)23-13-10-19(33-23)6-2-5-18-9-12-22(29)21(18)7-3-8-24(30)27(15-4-16-27)17-20-11-14-25(28)34-20/h3,7,10-11,13-14,18,21-22,24,30H,2,4-6,8-9,12,15-17H2,1H3/t18-,21+,22+,24?/m0/s1. The molecule has 1 unspecified atom stereocenters. The van der Waals surface area contributed by atoms with Crippen LogP contribution in [0.4, 0.5) is 4.39 Å². The summed E-state index contributed by atoms with van der Waals surface area (Å²) < 4.78 is 20.2. The number of hydrogen-bond acceptors (Lipinski definition) is 5. The third kappa shape index (κ3) is 6.13. The van der Waals surface area contributed by atoms with Crippen molar-refractivity contribution >= 4 is 40.2 Å². The number of aliphatic hydroxyl groups is 1. The van der Waals surface area contributed by atoms with Gasteiger partial charge < -0.3 is 9.84 Å². The molecule has 34 heavy (non-hydrogen) atoms. The number of rotatable bonds is 11. The van der Waals surface area contributed by atoms with E-state index in [1.807, 2.05) is 30.4 Å². The lowest BCUT2D eigenvalue weighted by Gasteiger charge is -2.45. The van der Waals surface area contributed by atoms with Crippen molar-refractivity contribution in [3.05, 3.63) is 55.4 Å². The Morgan fingerprint density at radius 1 is 1.26 bits per heavy atom. The number of halogens is 2. The van der Waals surface area contributed by atoms with Crippen LogP contribution in [0.3, 0.4) is 0 Å². The van der Waals surface area contributed by atoms with Gasteiger partial charge in [-0.25, -0.2) is 9.18 Å². The topological polar surface area (TPSA) is 46.5 Å². The molecule has 3 nitrogen and oxygen atoms in total. The molecular formula is C27H34ClFO3S2. The third-order valence-corrected chi connectivity index (χ3v) is 10.1. The molecule has 2 aliphatic rings. The van der Waals surface area contributed by atoms with Crippen molar-refractivity contribution in [2.24, 2.45) is 17.3 Å². The Morgan fingerprint density at radius 2 is 2.06 bits per heavy atom.